The van der Waals surface area contributed by atoms with E-state index in [9.17, 15) is 0 Å². The van der Waals surface area contributed by atoms with Crippen LogP contribution in [0.2, 0.25) is 0 Å². The molecule has 2 heterocycles. The summed E-state index contributed by atoms with van der Waals surface area (Å²) in [5.74, 6) is 0. The summed E-state index contributed by atoms with van der Waals surface area (Å²) in [6, 6.07) is 0.624. The molecule has 4 heteroatoms. The molecule has 2 rings (SSSR count). The topological polar surface area (TPSA) is 41.9 Å². The van der Waals surface area contributed by atoms with Crippen LogP contribution in [-0.4, -0.2) is 61.2 Å². The summed E-state index contributed by atoms with van der Waals surface area (Å²) in [6.45, 7) is 5.81. The minimum atomic E-state index is -0.00315. The number of aliphatic hydroxyl groups is 1. The van der Waals surface area contributed by atoms with Gasteiger partial charge >= 0.3 is 0 Å². The predicted molar refractivity (Wildman–Crippen MR) is 56.8 cm³/mol. The Morgan fingerprint density at radius 2 is 2.00 bits per heavy atom. The Morgan fingerprint density at radius 3 is 2.67 bits per heavy atom. The molecule has 1 N–H and O–H groups in total. The summed E-state index contributed by atoms with van der Waals surface area (Å²) < 4.78 is 11.0. The lowest BCUT2D eigenvalue weighted by atomic mass is 10.0. The van der Waals surface area contributed by atoms with E-state index in [2.05, 4.69) is 11.8 Å². The minimum Gasteiger partial charge on any atom is -0.394 e. The fourth-order valence-electron chi connectivity index (χ4n) is 2.53. The zero-order valence-electron chi connectivity index (χ0n) is 9.39. The molecular weight excluding hydrogens is 194 g/mol. The van der Waals surface area contributed by atoms with E-state index in [0.717, 1.165) is 39.1 Å². The lowest BCUT2D eigenvalue weighted by molar-refractivity contribution is -0.114. The number of rotatable bonds is 2. The number of hydrogen-bond acceptors (Lipinski definition) is 4. The average molecular weight is 215 g/mol. The maximum atomic E-state index is 9.15. The standard InChI is InChI=1S/C11H21NO3/c1-9-6-12(7-11(8-13)15-9)10-2-4-14-5-3-10/h9-11,13H,2-8H2,1H3. The molecule has 2 atom stereocenters. The zero-order valence-corrected chi connectivity index (χ0v) is 9.39. The Hall–Kier alpha value is -0.160. The van der Waals surface area contributed by atoms with Gasteiger partial charge in [0.1, 0.15) is 0 Å². The molecule has 0 aromatic rings. The van der Waals surface area contributed by atoms with E-state index in [-0.39, 0.29) is 18.8 Å². The van der Waals surface area contributed by atoms with E-state index in [1.54, 1.807) is 0 Å². The first kappa shape index (κ1) is 11.3. The molecule has 4 nitrogen and oxygen atoms in total. The molecule has 0 spiro atoms. The van der Waals surface area contributed by atoms with Crippen molar-refractivity contribution in [3.05, 3.63) is 0 Å². The van der Waals surface area contributed by atoms with E-state index in [0.29, 0.717) is 6.04 Å². The quantitative estimate of drug-likeness (QED) is 0.717. The number of morpholine rings is 1. The third kappa shape index (κ3) is 2.91. The fraction of sp³-hybridized carbons (Fsp3) is 1.00. The monoisotopic (exact) mass is 215 g/mol. The van der Waals surface area contributed by atoms with Gasteiger partial charge in [-0.1, -0.05) is 0 Å². The molecule has 0 radical (unpaired) electrons. The molecule has 15 heavy (non-hydrogen) atoms. The fourth-order valence-corrected chi connectivity index (χ4v) is 2.53. The summed E-state index contributed by atoms with van der Waals surface area (Å²) in [5.41, 5.74) is 0. The van der Waals surface area contributed by atoms with Crippen molar-refractivity contribution in [1.29, 1.82) is 0 Å². The van der Waals surface area contributed by atoms with Crippen molar-refractivity contribution in [2.75, 3.05) is 32.9 Å². The van der Waals surface area contributed by atoms with Crippen molar-refractivity contribution in [2.45, 2.75) is 38.0 Å². The van der Waals surface area contributed by atoms with E-state index in [1.165, 1.54) is 0 Å². The van der Waals surface area contributed by atoms with Gasteiger partial charge in [-0.25, -0.2) is 0 Å². The molecule has 2 saturated heterocycles. The van der Waals surface area contributed by atoms with Crippen LogP contribution in [0.15, 0.2) is 0 Å². The van der Waals surface area contributed by atoms with Crippen LogP contribution in [0, 0.1) is 0 Å². The van der Waals surface area contributed by atoms with Gasteiger partial charge in [0.25, 0.3) is 0 Å². The summed E-state index contributed by atoms with van der Waals surface area (Å²) in [5, 5.41) is 9.15. The van der Waals surface area contributed by atoms with E-state index in [4.69, 9.17) is 14.6 Å². The number of aliphatic hydroxyl groups excluding tert-OH is 1. The molecular formula is C11H21NO3. The molecule has 88 valence electrons. The van der Waals surface area contributed by atoms with Gasteiger partial charge < -0.3 is 14.6 Å². The summed E-state index contributed by atoms with van der Waals surface area (Å²) >= 11 is 0. The second-order valence-electron chi connectivity index (χ2n) is 4.55. The van der Waals surface area contributed by atoms with Crippen molar-refractivity contribution in [3.8, 4) is 0 Å². The van der Waals surface area contributed by atoms with Gasteiger partial charge in [-0.2, -0.15) is 0 Å². The summed E-state index contributed by atoms with van der Waals surface area (Å²) in [4.78, 5) is 2.46. The van der Waals surface area contributed by atoms with Crippen LogP contribution in [-0.2, 0) is 9.47 Å². The van der Waals surface area contributed by atoms with Crippen LogP contribution in [0.1, 0.15) is 19.8 Å². The Balaban J connectivity index is 1.89. The first-order valence-electron chi connectivity index (χ1n) is 5.87. The van der Waals surface area contributed by atoms with Crippen LogP contribution in [0.4, 0.5) is 0 Å². The van der Waals surface area contributed by atoms with E-state index in [1.807, 2.05) is 0 Å². The molecule has 0 aliphatic carbocycles. The third-order valence-corrected chi connectivity index (χ3v) is 3.27. The largest absolute Gasteiger partial charge is 0.394 e. The van der Waals surface area contributed by atoms with Crippen LogP contribution < -0.4 is 0 Å². The maximum Gasteiger partial charge on any atom is 0.0936 e. The molecule has 0 aromatic carbocycles. The van der Waals surface area contributed by atoms with Crippen LogP contribution in [0.3, 0.4) is 0 Å². The second-order valence-corrected chi connectivity index (χ2v) is 4.55. The molecule has 2 unspecified atom stereocenters. The van der Waals surface area contributed by atoms with Crippen molar-refractivity contribution < 1.29 is 14.6 Å². The Morgan fingerprint density at radius 1 is 1.27 bits per heavy atom. The van der Waals surface area contributed by atoms with Gasteiger partial charge in [-0.05, 0) is 19.8 Å². The lowest BCUT2D eigenvalue weighted by Gasteiger charge is -2.42. The molecule has 0 aromatic heterocycles. The highest BCUT2D eigenvalue weighted by Gasteiger charge is 2.30. The highest BCUT2D eigenvalue weighted by Crippen LogP contribution is 2.19. The molecule has 2 fully saturated rings. The SMILES string of the molecule is CC1CN(C2CCOCC2)CC(CO)O1. The highest BCUT2D eigenvalue weighted by molar-refractivity contribution is 4.82. The minimum absolute atomic E-state index is 0.00315. The summed E-state index contributed by atoms with van der Waals surface area (Å²) in [7, 11) is 0. The number of hydrogen-bond donors (Lipinski definition) is 1. The van der Waals surface area contributed by atoms with Crippen LogP contribution in [0.5, 0.6) is 0 Å². The van der Waals surface area contributed by atoms with Gasteiger partial charge in [-0.15, -0.1) is 0 Å². The Labute approximate surface area is 91.2 Å². The average Bonchev–Trinajstić information content (AvgIpc) is 2.29. The smallest absolute Gasteiger partial charge is 0.0936 e. The Kier molecular flexibility index (Phi) is 3.97. The summed E-state index contributed by atoms with van der Waals surface area (Å²) in [6.07, 6.45) is 2.46. The molecule has 2 aliphatic rings. The second kappa shape index (κ2) is 5.25. The molecule has 0 amide bonds. The van der Waals surface area contributed by atoms with Gasteiger partial charge in [0.05, 0.1) is 18.8 Å². The maximum absolute atomic E-state index is 9.15. The zero-order chi connectivity index (χ0) is 10.7. The Bertz CT molecular complexity index is 194. The van der Waals surface area contributed by atoms with Crippen molar-refractivity contribution in [2.24, 2.45) is 0 Å². The highest BCUT2D eigenvalue weighted by atomic mass is 16.5. The van der Waals surface area contributed by atoms with E-state index < -0.39 is 0 Å². The molecule has 2 aliphatic heterocycles. The normalized spacial score (nSPS) is 35.6. The van der Waals surface area contributed by atoms with Gasteiger partial charge in [-0.3, -0.25) is 4.90 Å². The van der Waals surface area contributed by atoms with Gasteiger partial charge in [0, 0.05) is 32.3 Å². The molecule has 0 bridgehead atoms. The van der Waals surface area contributed by atoms with Gasteiger partial charge in [0.2, 0.25) is 0 Å². The first-order chi connectivity index (χ1) is 7.29. The van der Waals surface area contributed by atoms with Crippen molar-refractivity contribution in [1.82, 2.24) is 4.90 Å². The molecule has 0 saturated carbocycles. The van der Waals surface area contributed by atoms with E-state index >= 15 is 0 Å². The number of ether oxygens (including phenoxy) is 2. The van der Waals surface area contributed by atoms with Crippen LogP contribution >= 0.6 is 0 Å². The number of nitrogens with zero attached hydrogens (tertiary/aromatic N) is 1. The predicted octanol–water partition coefficient (Wildman–Crippen LogP) is 0.247. The van der Waals surface area contributed by atoms with Crippen molar-refractivity contribution in [3.63, 3.8) is 0 Å². The van der Waals surface area contributed by atoms with Crippen molar-refractivity contribution >= 4 is 0 Å². The third-order valence-electron chi connectivity index (χ3n) is 3.27. The van der Waals surface area contributed by atoms with Gasteiger partial charge in [0.15, 0.2) is 0 Å². The van der Waals surface area contributed by atoms with Crippen LogP contribution in [0.25, 0.3) is 0 Å². The lowest BCUT2D eigenvalue weighted by Crippen LogP contribution is -2.53. The first-order valence-corrected chi connectivity index (χ1v) is 5.87.